The third-order valence-corrected chi connectivity index (χ3v) is 4.26. The van der Waals surface area contributed by atoms with Crippen LogP contribution < -0.4 is 19.9 Å². The van der Waals surface area contributed by atoms with Gasteiger partial charge in [0, 0.05) is 11.1 Å². The number of hydrogen-bond acceptors (Lipinski definition) is 5. The minimum absolute atomic E-state index is 0.0157. The van der Waals surface area contributed by atoms with Crippen molar-refractivity contribution in [3.8, 4) is 11.5 Å². The highest BCUT2D eigenvalue weighted by Gasteiger charge is 2.13. The van der Waals surface area contributed by atoms with Gasteiger partial charge < -0.3 is 24.8 Å². The van der Waals surface area contributed by atoms with Gasteiger partial charge in [0.1, 0.15) is 30.8 Å². The predicted octanol–water partition coefficient (Wildman–Crippen LogP) is 1.57. The van der Waals surface area contributed by atoms with E-state index in [-0.39, 0.29) is 26.4 Å². The fourth-order valence-electron chi connectivity index (χ4n) is 2.94. The van der Waals surface area contributed by atoms with Crippen LogP contribution in [0.2, 0.25) is 0 Å². The molecule has 5 nitrogen and oxygen atoms in total. The average Bonchev–Trinajstić information content (AvgIpc) is 2.71. The van der Waals surface area contributed by atoms with Gasteiger partial charge in [-0.25, -0.2) is 0 Å². The molecule has 1 atom stereocenters. The maximum absolute atomic E-state index is 10.2. The maximum atomic E-state index is 10.2. The van der Waals surface area contributed by atoms with Crippen molar-refractivity contribution in [3.05, 3.63) is 70.1 Å². The largest absolute Gasteiger partial charge is 0.491 e. The normalized spacial score (nSPS) is 13.5. The van der Waals surface area contributed by atoms with Gasteiger partial charge in [0.05, 0.1) is 13.2 Å². The van der Waals surface area contributed by atoms with E-state index in [0.717, 1.165) is 16.0 Å². The lowest BCUT2D eigenvalue weighted by Gasteiger charge is -2.18. The van der Waals surface area contributed by atoms with E-state index in [2.05, 4.69) is 6.58 Å². The zero-order valence-electron chi connectivity index (χ0n) is 16.4. The minimum Gasteiger partial charge on any atom is -0.491 e. The number of aliphatic hydroxyl groups is 3. The summed E-state index contributed by atoms with van der Waals surface area (Å²) < 4.78 is 11.4. The van der Waals surface area contributed by atoms with Gasteiger partial charge in [-0.05, 0) is 36.4 Å². The number of ether oxygens (including phenoxy) is 2. The Kier molecular flexibility index (Phi) is 8.26. The molecule has 0 saturated carbocycles. The van der Waals surface area contributed by atoms with Gasteiger partial charge in [0.2, 0.25) is 0 Å². The molecule has 2 aromatic carbocycles. The highest BCUT2D eigenvalue weighted by atomic mass is 16.5. The number of rotatable bonds is 9. The van der Waals surface area contributed by atoms with Crippen molar-refractivity contribution < 1.29 is 24.8 Å². The number of benzene rings is 2. The van der Waals surface area contributed by atoms with Crippen LogP contribution in [-0.2, 0) is 13.2 Å². The van der Waals surface area contributed by atoms with Gasteiger partial charge in [0.15, 0.2) is 0 Å². The van der Waals surface area contributed by atoms with Crippen molar-refractivity contribution in [1.82, 2.24) is 0 Å². The first kappa shape index (κ1) is 21.7. The van der Waals surface area contributed by atoms with Crippen LogP contribution in [0.25, 0.3) is 12.2 Å². The molecule has 0 saturated heterocycles. The van der Waals surface area contributed by atoms with E-state index in [1.54, 1.807) is 18.2 Å². The van der Waals surface area contributed by atoms with Crippen LogP contribution in [0.3, 0.4) is 0 Å². The number of hydrogen-bond donors (Lipinski definition) is 3. The molecular formula is C23H28O5. The first-order chi connectivity index (χ1) is 13.5. The van der Waals surface area contributed by atoms with Crippen LogP contribution in [0.1, 0.15) is 23.6 Å². The summed E-state index contributed by atoms with van der Waals surface area (Å²) in [5, 5.41) is 31.3. The highest BCUT2D eigenvalue weighted by molar-refractivity contribution is 5.44. The van der Waals surface area contributed by atoms with Crippen molar-refractivity contribution in [2.24, 2.45) is 0 Å². The maximum Gasteiger partial charge on any atom is 0.130 e. The molecule has 0 amide bonds. The topological polar surface area (TPSA) is 79.2 Å². The molecule has 2 rings (SSSR count). The molecule has 28 heavy (non-hydrogen) atoms. The quantitative estimate of drug-likeness (QED) is 0.612. The number of aliphatic hydroxyl groups excluding tert-OH is 3. The van der Waals surface area contributed by atoms with Crippen LogP contribution in [0, 0.1) is 6.92 Å². The van der Waals surface area contributed by atoms with Crippen LogP contribution in [0.15, 0.2) is 43.0 Å². The molecule has 150 valence electrons. The molecule has 0 spiro atoms. The fourth-order valence-corrected chi connectivity index (χ4v) is 2.94. The van der Waals surface area contributed by atoms with Crippen LogP contribution in [0.4, 0.5) is 0 Å². The molecule has 0 aromatic heterocycles. The van der Waals surface area contributed by atoms with Crippen LogP contribution in [-0.4, -0.2) is 34.6 Å². The van der Waals surface area contributed by atoms with Crippen molar-refractivity contribution in [1.29, 1.82) is 0 Å². The Balaban J connectivity index is 2.02. The Hall–Kier alpha value is -2.60. The Morgan fingerprint density at radius 2 is 1.64 bits per heavy atom. The van der Waals surface area contributed by atoms with Gasteiger partial charge in [-0.15, -0.1) is 0 Å². The number of allylic oxidation sites excluding steroid dienone is 1. The average molecular weight is 384 g/mol. The van der Waals surface area contributed by atoms with E-state index in [4.69, 9.17) is 9.47 Å². The summed E-state index contributed by atoms with van der Waals surface area (Å²) in [6, 6.07) is 9.26. The Labute approximate surface area is 165 Å². The van der Waals surface area contributed by atoms with Gasteiger partial charge >= 0.3 is 0 Å². The first-order valence-electron chi connectivity index (χ1n) is 9.19. The van der Waals surface area contributed by atoms with Crippen molar-refractivity contribution >= 4 is 12.2 Å². The SMILES string of the molecule is C=C/C=c1/ccc(OCC(O)COc2c(CO)cc(C)cc2CO)c/c1=C/C. The summed E-state index contributed by atoms with van der Waals surface area (Å²) in [6.07, 6.45) is 4.76. The summed E-state index contributed by atoms with van der Waals surface area (Å²) >= 11 is 0. The summed E-state index contributed by atoms with van der Waals surface area (Å²) in [6.45, 7) is 7.16. The fraction of sp³-hybridized carbons (Fsp3) is 0.304. The van der Waals surface area contributed by atoms with Gasteiger partial charge in [-0.1, -0.05) is 48.6 Å². The third kappa shape index (κ3) is 5.70. The molecule has 2 aromatic rings. The lowest BCUT2D eigenvalue weighted by atomic mass is 10.1. The Morgan fingerprint density at radius 1 is 1.00 bits per heavy atom. The van der Waals surface area contributed by atoms with E-state index in [0.29, 0.717) is 22.6 Å². The van der Waals surface area contributed by atoms with Gasteiger partial charge in [0.25, 0.3) is 0 Å². The molecule has 0 fully saturated rings. The zero-order chi connectivity index (χ0) is 20.5. The monoisotopic (exact) mass is 384 g/mol. The minimum atomic E-state index is -0.868. The molecule has 0 heterocycles. The second-order valence-electron chi connectivity index (χ2n) is 6.49. The molecule has 0 aliphatic heterocycles. The predicted molar refractivity (Wildman–Crippen MR) is 111 cm³/mol. The van der Waals surface area contributed by atoms with E-state index >= 15 is 0 Å². The number of aryl methyl sites for hydroxylation is 1. The smallest absolute Gasteiger partial charge is 0.130 e. The summed E-state index contributed by atoms with van der Waals surface area (Å²) in [5.74, 6) is 1.05. The third-order valence-electron chi connectivity index (χ3n) is 4.26. The molecule has 0 aliphatic carbocycles. The zero-order valence-corrected chi connectivity index (χ0v) is 16.4. The van der Waals surface area contributed by atoms with Crippen molar-refractivity contribution in [2.75, 3.05) is 13.2 Å². The van der Waals surface area contributed by atoms with Gasteiger partial charge in [-0.3, -0.25) is 0 Å². The standard InChI is InChI=1S/C23H28O5/c1-4-6-18-7-8-22(11-17(18)5-2)27-14-21(26)15-28-23-19(12-24)9-16(3)10-20(23)13-25/h4-11,21,24-26H,1,12-15H2,2-3H3/b17-5-,18-6-. The summed E-state index contributed by atoms with van der Waals surface area (Å²) in [5.41, 5.74) is 2.08. The Morgan fingerprint density at radius 3 is 2.21 bits per heavy atom. The van der Waals surface area contributed by atoms with E-state index in [1.165, 1.54) is 0 Å². The Bertz CT molecular complexity index is 892. The van der Waals surface area contributed by atoms with Gasteiger partial charge in [-0.2, -0.15) is 0 Å². The molecule has 5 heteroatoms. The summed E-state index contributed by atoms with van der Waals surface area (Å²) in [4.78, 5) is 0. The molecule has 3 N–H and O–H groups in total. The van der Waals surface area contributed by atoms with Crippen molar-refractivity contribution in [3.63, 3.8) is 0 Å². The molecule has 1 unspecified atom stereocenters. The van der Waals surface area contributed by atoms with Crippen LogP contribution in [0.5, 0.6) is 11.5 Å². The molecule has 0 aliphatic rings. The molecule has 0 bridgehead atoms. The van der Waals surface area contributed by atoms with Crippen LogP contribution >= 0.6 is 0 Å². The lowest BCUT2D eigenvalue weighted by molar-refractivity contribution is 0.0609. The van der Waals surface area contributed by atoms with E-state index in [9.17, 15) is 15.3 Å². The van der Waals surface area contributed by atoms with E-state index in [1.807, 2.05) is 44.2 Å². The lowest BCUT2D eigenvalue weighted by Crippen LogP contribution is -2.27. The second-order valence-corrected chi connectivity index (χ2v) is 6.49. The highest BCUT2D eigenvalue weighted by Crippen LogP contribution is 2.26. The first-order valence-corrected chi connectivity index (χ1v) is 9.19. The summed E-state index contributed by atoms with van der Waals surface area (Å²) in [7, 11) is 0. The van der Waals surface area contributed by atoms with Crippen molar-refractivity contribution in [2.45, 2.75) is 33.2 Å². The second kappa shape index (κ2) is 10.7. The molecule has 0 radical (unpaired) electrons. The van der Waals surface area contributed by atoms with E-state index < -0.39 is 6.10 Å². The molecular weight excluding hydrogens is 356 g/mol.